The van der Waals surface area contributed by atoms with Crippen LogP contribution in [0.5, 0.6) is 0 Å². The van der Waals surface area contributed by atoms with Gasteiger partial charge in [-0.1, -0.05) is 19.9 Å². The molecule has 0 atom stereocenters. The van der Waals surface area contributed by atoms with E-state index in [0.29, 0.717) is 16.8 Å². The maximum absolute atomic E-state index is 11.3. The number of nitro groups is 1. The first-order valence-corrected chi connectivity index (χ1v) is 7.37. The van der Waals surface area contributed by atoms with E-state index in [-0.39, 0.29) is 10.6 Å². The van der Waals surface area contributed by atoms with Crippen molar-refractivity contribution in [2.75, 3.05) is 23.7 Å². The average Bonchev–Trinajstić information content (AvgIpc) is 3.23. The Labute approximate surface area is 119 Å². The molecule has 5 heteroatoms. The summed E-state index contributed by atoms with van der Waals surface area (Å²) >= 11 is 0. The molecule has 5 nitrogen and oxygen atoms in total. The third-order valence-electron chi connectivity index (χ3n) is 4.14. The Bertz CT molecular complexity index is 484. The van der Waals surface area contributed by atoms with Crippen LogP contribution in [0.2, 0.25) is 0 Å². The van der Waals surface area contributed by atoms with Gasteiger partial charge in [0.2, 0.25) is 0 Å². The van der Waals surface area contributed by atoms with Gasteiger partial charge in [0.15, 0.2) is 0 Å². The van der Waals surface area contributed by atoms with Crippen molar-refractivity contribution in [1.82, 2.24) is 0 Å². The fourth-order valence-electron chi connectivity index (χ4n) is 2.40. The number of benzene rings is 1. The third kappa shape index (κ3) is 3.21. The minimum Gasteiger partial charge on any atom is -0.379 e. The zero-order chi connectivity index (χ0) is 14.6. The Morgan fingerprint density at radius 3 is 2.40 bits per heavy atom. The lowest BCUT2D eigenvalue weighted by Gasteiger charge is -2.16. The minimum absolute atomic E-state index is 0.160. The molecule has 1 aromatic carbocycles. The minimum atomic E-state index is -0.300. The van der Waals surface area contributed by atoms with Crippen LogP contribution >= 0.6 is 0 Å². The van der Waals surface area contributed by atoms with Gasteiger partial charge < -0.3 is 10.6 Å². The summed E-state index contributed by atoms with van der Waals surface area (Å²) in [4.78, 5) is 11.0. The molecule has 1 aliphatic carbocycles. The number of nitrogens with zero attached hydrogens (tertiary/aromatic N) is 1. The fourth-order valence-corrected chi connectivity index (χ4v) is 2.40. The quantitative estimate of drug-likeness (QED) is 0.556. The summed E-state index contributed by atoms with van der Waals surface area (Å²) in [5.74, 6) is 0. The number of nitrogens with one attached hydrogen (secondary N) is 2. The van der Waals surface area contributed by atoms with Crippen LogP contribution in [0, 0.1) is 15.5 Å². The molecule has 0 bridgehead atoms. The van der Waals surface area contributed by atoms with Gasteiger partial charge in [-0.15, -0.1) is 0 Å². The van der Waals surface area contributed by atoms with Crippen molar-refractivity contribution in [3.05, 3.63) is 28.3 Å². The van der Waals surface area contributed by atoms with E-state index in [4.69, 9.17) is 0 Å². The van der Waals surface area contributed by atoms with Crippen LogP contribution in [0.15, 0.2) is 18.2 Å². The molecule has 2 N–H and O–H groups in total. The molecule has 1 aromatic rings. The first-order chi connectivity index (χ1) is 9.62. The zero-order valence-corrected chi connectivity index (χ0v) is 12.2. The number of para-hydroxylation sites is 1. The third-order valence-corrected chi connectivity index (χ3v) is 4.14. The van der Waals surface area contributed by atoms with Crippen molar-refractivity contribution >= 4 is 17.1 Å². The Morgan fingerprint density at radius 1 is 1.25 bits per heavy atom. The Morgan fingerprint density at radius 2 is 1.90 bits per heavy atom. The van der Waals surface area contributed by atoms with Crippen LogP contribution in [-0.2, 0) is 0 Å². The fraction of sp³-hybridized carbons (Fsp3) is 0.600. The molecule has 0 saturated heterocycles. The predicted octanol–water partition coefficient (Wildman–Crippen LogP) is 4.02. The summed E-state index contributed by atoms with van der Waals surface area (Å²) in [5, 5.41) is 17.8. The summed E-state index contributed by atoms with van der Waals surface area (Å²) in [6.45, 7) is 5.78. The molecular formula is C15H23N3O2. The van der Waals surface area contributed by atoms with Gasteiger partial charge >= 0.3 is 5.69 Å². The molecule has 0 unspecified atom stereocenters. The van der Waals surface area contributed by atoms with E-state index < -0.39 is 0 Å². The van der Waals surface area contributed by atoms with E-state index >= 15 is 0 Å². The molecule has 0 heterocycles. The molecule has 1 fully saturated rings. The molecule has 0 spiro atoms. The number of nitro benzene ring substituents is 1. The van der Waals surface area contributed by atoms with Gasteiger partial charge in [-0.2, -0.15) is 0 Å². The van der Waals surface area contributed by atoms with Crippen molar-refractivity contribution in [1.29, 1.82) is 0 Å². The Kier molecular flexibility index (Phi) is 4.47. The second-order valence-electron chi connectivity index (χ2n) is 5.59. The van der Waals surface area contributed by atoms with Crippen molar-refractivity contribution in [3.8, 4) is 0 Å². The number of anilines is 2. The van der Waals surface area contributed by atoms with Crippen LogP contribution in [0.4, 0.5) is 17.1 Å². The lowest BCUT2D eigenvalue weighted by molar-refractivity contribution is -0.383. The monoisotopic (exact) mass is 277 g/mol. The highest BCUT2D eigenvalue weighted by Gasteiger charge is 2.40. The summed E-state index contributed by atoms with van der Waals surface area (Å²) in [6.07, 6.45) is 4.51. The van der Waals surface area contributed by atoms with Crippen LogP contribution in [0.1, 0.15) is 39.5 Å². The van der Waals surface area contributed by atoms with E-state index in [1.165, 1.54) is 12.8 Å². The smallest absolute Gasteiger partial charge is 0.315 e. The summed E-state index contributed by atoms with van der Waals surface area (Å²) in [5.41, 5.74) is 1.74. The van der Waals surface area contributed by atoms with Gasteiger partial charge in [0.25, 0.3) is 0 Å². The molecule has 0 amide bonds. The molecule has 0 aliphatic heterocycles. The maximum Gasteiger partial charge on any atom is 0.315 e. The van der Waals surface area contributed by atoms with Gasteiger partial charge in [0.05, 0.1) is 4.92 Å². The normalized spacial score (nSPS) is 15.7. The van der Waals surface area contributed by atoms with Crippen LogP contribution in [0.25, 0.3) is 0 Å². The molecule has 0 radical (unpaired) electrons. The highest BCUT2D eigenvalue weighted by Crippen LogP contribution is 2.49. The van der Waals surface area contributed by atoms with Gasteiger partial charge in [-0.05, 0) is 43.2 Å². The van der Waals surface area contributed by atoms with Crippen molar-refractivity contribution in [2.45, 2.75) is 39.5 Å². The van der Waals surface area contributed by atoms with Gasteiger partial charge in [-0.3, -0.25) is 10.1 Å². The van der Waals surface area contributed by atoms with Gasteiger partial charge in [0.1, 0.15) is 11.4 Å². The molecule has 110 valence electrons. The lowest BCUT2D eigenvalue weighted by atomic mass is 10.0. The van der Waals surface area contributed by atoms with Crippen LogP contribution in [0.3, 0.4) is 0 Å². The second kappa shape index (κ2) is 6.11. The van der Waals surface area contributed by atoms with Crippen molar-refractivity contribution in [3.63, 3.8) is 0 Å². The predicted molar refractivity (Wildman–Crippen MR) is 82.3 cm³/mol. The summed E-state index contributed by atoms with van der Waals surface area (Å²) in [6, 6.07) is 5.42. The van der Waals surface area contributed by atoms with E-state index in [2.05, 4.69) is 17.6 Å². The van der Waals surface area contributed by atoms with Crippen LogP contribution < -0.4 is 10.6 Å². The largest absolute Gasteiger partial charge is 0.379 e. The van der Waals surface area contributed by atoms with E-state index in [1.807, 2.05) is 13.0 Å². The molecular weight excluding hydrogens is 254 g/mol. The highest BCUT2D eigenvalue weighted by molar-refractivity contribution is 5.76. The van der Waals surface area contributed by atoms with E-state index in [1.54, 1.807) is 12.1 Å². The maximum atomic E-state index is 11.3. The van der Waals surface area contributed by atoms with E-state index in [0.717, 1.165) is 25.9 Å². The SMILES string of the molecule is CCCNc1cccc(NCC2(CC)CC2)c1[N+](=O)[O-]. The molecule has 2 rings (SSSR count). The highest BCUT2D eigenvalue weighted by atomic mass is 16.6. The molecule has 1 aliphatic rings. The standard InChI is InChI=1S/C15H23N3O2/c1-3-10-16-12-6-5-7-13(14(12)18(19)20)17-11-15(4-2)8-9-15/h5-7,16-17H,3-4,8-11H2,1-2H3. The van der Waals surface area contributed by atoms with Crippen molar-refractivity contribution < 1.29 is 4.92 Å². The average molecular weight is 277 g/mol. The van der Waals surface area contributed by atoms with Crippen molar-refractivity contribution in [2.24, 2.45) is 5.41 Å². The zero-order valence-electron chi connectivity index (χ0n) is 12.2. The van der Waals surface area contributed by atoms with Crippen LogP contribution in [-0.4, -0.2) is 18.0 Å². The summed E-state index contributed by atoms with van der Waals surface area (Å²) in [7, 11) is 0. The Hall–Kier alpha value is -1.78. The number of hydrogen-bond acceptors (Lipinski definition) is 4. The molecule has 0 aromatic heterocycles. The molecule has 1 saturated carbocycles. The lowest BCUT2D eigenvalue weighted by Crippen LogP contribution is -2.15. The van der Waals surface area contributed by atoms with Gasteiger partial charge in [0, 0.05) is 13.1 Å². The van der Waals surface area contributed by atoms with Gasteiger partial charge in [-0.25, -0.2) is 0 Å². The second-order valence-corrected chi connectivity index (χ2v) is 5.59. The topological polar surface area (TPSA) is 67.2 Å². The number of hydrogen-bond donors (Lipinski definition) is 2. The molecule has 20 heavy (non-hydrogen) atoms. The Balaban J connectivity index is 2.16. The first-order valence-electron chi connectivity index (χ1n) is 7.37. The number of rotatable bonds is 8. The van der Waals surface area contributed by atoms with E-state index in [9.17, 15) is 10.1 Å². The first kappa shape index (κ1) is 14.6. The summed E-state index contributed by atoms with van der Waals surface area (Å²) < 4.78 is 0.